The van der Waals surface area contributed by atoms with Crippen LogP contribution in [-0.2, 0) is 10.5 Å². The van der Waals surface area contributed by atoms with Gasteiger partial charge in [-0.3, -0.25) is 4.79 Å². The van der Waals surface area contributed by atoms with Crippen molar-refractivity contribution >= 4 is 40.9 Å². The molecule has 2 aromatic rings. The third kappa shape index (κ3) is 6.80. The van der Waals surface area contributed by atoms with Crippen molar-refractivity contribution in [3.63, 3.8) is 0 Å². The van der Waals surface area contributed by atoms with Gasteiger partial charge in [0, 0.05) is 5.75 Å². The van der Waals surface area contributed by atoms with E-state index in [1.807, 2.05) is 51.1 Å². The Morgan fingerprint density at radius 1 is 1.04 bits per heavy atom. The molecule has 2 rings (SSSR count). The average Bonchev–Trinajstić information content (AvgIpc) is 2.66. The summed E-state index contributed by atoms with van der Waals surface area (Å²) in [5.41, 5.74) is 2.00. The summed E-state index contributed by atoms with van der Waals surface area (Å²) in [5, 5.41) is 4.08. The minimum absolute atomic E-state index is 0.0237. The second kappa shape index (κ2) is 11.4. The highest BCUT2D eigenvalue weighted by Crippen LogP contribution is 2.31. The van der Waals surface area contributed by atoms with E-state index >= 15 is 0 Å². The van der Waals surface area contributed by atoms with E-state index in [2.05, 4.69) is 5.32 Å². The SMILES string of the molecule is CCOc1ccc([C@H](C)NC(=O)CSCc2ccc(Cl)c(Cl)c2)cc1OCC. The van der Waals surface area contributed by atoms with Gasteiger partial charge < -0.3 is 14.8 Å². The van der Waals surface area contributed by atoms with Crippen LogP contribution in [0.25, 0.3) is 0 Å². The molecular formula is C21H25Cl2NO3S. The molecule has 0 spiro atoms. The van der Waals surface area contributed by atoms with Crippen LogP contribution in [0.15, 0.2) is 36.4 Å². The Kier molecular flexibility index (Phi) is 9.29. The minimum atomic E-state index is -0.132. The van der Waals surface area contributed by atoms with Crippen molar-refractivity contribution in [2.24, 2.45) is 0 Å². The second-order valence-corrected chi connectivity index (χ2v) is 7.90. The lowest BCUT2D eigenvalue weighted by molar-refractivity contribution is -0.119. The average molecular weight is 442 g/mol. The topological polar surface area (TPSA) is 47.6 Å². The van der Waals surface area contributed by atoms with Crippen molar-refractivity contribution in [3.8, 4) is 11.5 Å². The van der Waals surface area contributed by atoms with Gasteiger partial charge in [0.2, 0.25) is 5.91 Å². The van der Waals surface area contributed by atoms with Crippen molar-refractivity contribution in [2.45, 2.75) is 32.6 Å². The molecule has 0 radical (unpaired) electrons. The maximum atomic E-state index is 12.3. The summed E-state index contributed by atoms with van der Waals surface area (Å²) in [6, 6.07) is 11.1. The first-order chi connectivity index (χ1) is 13.4. The van der Waals surface area contributed by atoms with Gasteiger partial charge in [0.25, 0.3) is 0 Å². The number of ether oxygens (including phenoxy) is 2. The zero-order chi connectivity index (χ0) is 20.5. The molecule has 4 nitrogen and oxygen atoms in total. The largest absolute Gasteiger partial charge is 0.490 e. The molecule has 1 amide bonds. The maximum Gasteiger partial charge on any atom is 0.230 e. The molecule has 28 heavy (non-hydrogen) atoms. The number of hydrogen-bond acceptors (Lipinski definition) is 4. The number of thioether (sulfide) groups is 1. The fourth-order valence-corrected chi connectivity index (χ4v) is 3.70. The number of benzene rings is 2. The van der Waals surface area contributed by atoms with Gasteiger partial charge in [-0.15, -0.1) is 11.8 Å². The molecule has 0 unspecified atom stereocenters. The molecule has 152 valence electrons. The molecule has 0 saturated carbocycles. The van der Waals surface area contributed by atoms with Crippen molar-refractivity contribution < 1.29 is 14.3 Å². The Balaban J connectivity index is 1.88. The predicted molar refractivity (Wildman–Crippen MR) is 118 cm³/mol. The van der Waals surface area contributed by atoms with E-state index in [0.717, 1.165) is 11.1 Å². The molecule has 0 aromatic heterocycles. The Hall–Kier alpha value is -1.56. The van der Waals surface area contributed by atoms with Crippen LogP contribution in [0.1, 0.15) is 37.9 Å². The Labute approximate surface area is 180 Å². The first-order valence-electron chi connectivity index (χ1n) is 9.15. The van der Waals surface area contributed by atoms with Gasteiger partial charge in [-0.05, 0) is 56.2 Å². The second-order valence-electron chi connectivity index (χ2n) is 6.10. The van der Waals surface area contributed by atoms with Gasteiger partial charge in [0.1, 0.15) is 0 Å². The number of halogens is 2. The molecule has 0 aliphatic carbocycles. The Morgan fingerprint density at radius 3 is 2.43 bits per heavy atom. The van der Waals surface area contributed by atoms with Crippen molar-refractivity contribution in [1.29, 1.82) is 0 Å². The highest BCUT2D eigenvalue weighted by molar-refractivity contribution is 7.99. The lowest BCUT2D eigenvalue weighted by Crippen LogP contribution is -2.28. The van der Waals surface area contributed by atoms with E-state index in [1.54, 1.807) is 6.07 Å². The summed E-state index contributed by atoms with van der Waals surface area (Å²) in [6.45, 7) is 6.94. The first kappa shape index (κ1) is 22.7. The van der Waals surface area contributed by atoms with Crippen LogP contribution < -0.4 is 14.8 Å². The predicted octanol–water partition coefficient (Wildman–Crippen LogP) is 5.90. The van der Waals surface area contributed by atoms with Gasteiger partial charge in [-0.25, -0.2) is 0 Å². The van der Waals surface area contributed by atoms with E-state index in [9.17, 15) is 4.79 Å². The fraction of sp³-hybridized carbons (Fsp3) is 0.381. The van der Waals surface area contributed by atoms with Crippen LogP contribution in [0.4, 0.5) is 0 Å². The van der Waals surface area contributed by atoms with Gasteiger partial charge in [0.05, 0.1) is 35.1 Å². The number of carbonyl (C=O) groups is 1. The lowest BCUT2D eigenvalue weighted by atomic mass is 10.1. The molecule has 0 saturated heterocycles. The van der Waals surface area contributed by atoms with Crippen molar-refractivity contribution in [2.75, 3.05) is 19.0 Å². The third-order valence-corrected chi connectivity index (χ3v) is 5.67. The van der Waals surface area contributed by atoms with Crippen LogP contribution in [0.3, 0.4) is 0 Å². The molecule has 1 N–H and O–H groups in total. The standard InChI is InChI=1S/C21H25Cl2NO3S/c1-4-26-19-9-7-16(11-20(19)27-5-2)14(3)24-21(25)13-28-12-15-6-8-17(22)18(23)10-15/h6-11,14H,4-5,12-13H2,1-3H3,(H,24,25)/t14-/m0/s1. The first-order valence-corrected chi connectivity index (χ1v) is 11.1. The number of amides is 1. The third-order valence-electron chi connectivity index (χ3n) is 3.93. The molecule has 1 atom stereocenters. The van der Waals surface area contributed by atoms with E-state index in [-0.39, 0.29) is 11.9 Å². The van der Waals surface area contributed by atoms with E-state index in [4.69, 9.17) is 32.7 Å². The Morgan fingerprint density at radius 2 is 1.75 bits per heavy atom. The highest BCUT2D eigenvalue weighted by Gasteiger charge is 2.13. The van der Waals surface area contributed by atoms with Crippen molar-refractivity contribution in [3.05, 3.63) is 57.6 Å². The molecule has 0 aliphatic heterocycles. The van der Waals surface area contributed by atoms with Gasteiger partial charge in [-0.1, -0.05) is 35.3 Å². The summed E-state index contributed by atoms with van der Waals surface area (Å²) in [7, 11) is 0. The fourth-order valence-electron chi connectivity index (χ4n) is 2.59. The minimum Gasteiger partial charge on any atom is -0.490 e. The highest BCUT2D eigenvalue weighted by atomic mass is 35.5. The number of rotatable bonds is 10. The maximum absolute atomic E-state index is 12.3. The quantitative estimate of drug-likeness (QED) is 0.498. The number of nitrogens with one attached hydrogen (secondary N) is 1. The molecule has 2 aromatic carbocycles. The van der Waals surface area contributed by atoms with Crippen LogP contribution >= 0.6 is 35.0 Å². The summed E-state index contributed by atoms with van der Waals surface area (Å²) < 4.78 is 11.2. The smallest absolute Gasteiger partial charge is 0.230 e. The van der Waals surface area contributed by atoms with Crippen LogP contribution in [0.2, 0.25) is 10.0 Å². The zero-order valence-corrected chi connectivity index (χ0v) is 18.6. The number of carbonyl (C=O) groups excluding carboxylic acids is 1. The normalized spacial score (nSPS) is 11.8. The molecule has 0 fully saturated rings. The molecule has 0 heterocycles. The molecule has 7 heteroatoms. The van der Waals surface area contributed by atoms with Gasteiger partial charge in [0.15, 0.2) is 11.5 Å². The zero-order valence-electron chi connectivity index (χ0n) is 16.3. The monoisotopic (exact) mass is 441 g/mol. The molecular weight excluding hydrogens is 417 g/mol. The summed E-state index contributed by atoms with van der Waals surface area (Å²) in [6.07, 6.45) is 0. The van der Waals surface area contributed by atoms with E-state index in [1.165, 1.54) is 11.8 Å². The van der Waals surface area contributed by atoms with E-state index < -0.39 is 0 Å². The van der Waals surface area contributed by atoms with Crippen LogP contribution in [0.5, 0.6) is 11.5 Å². The summed E-state index contributed by atoms with van der Waals surface area (Å²) in [5.74, 6) is 2.43. The summed E-state index contributed by atoms with van der Waals surface area (Å²) in [4.78, 5) is 12.3. The van der Waals surface area contributed by atoms with Crippen LogP contribution in [-0.4, -0.2) is 24.9 Å². The van der Waals surface area contributed by atoms with Crippen molar-refractivity contribution in [1.82, 2.24) is 5.32 Å². The number of hydrogen-bond donors (Lipinski definition) is 1. The Bertz CT molecular complexity index is 801. The van der Waals surface area contributed by atoms with Crippen LogP contribution in [0, 0.1) is 0 Å². The lowest BCUT2D eigenvalue weighted by Gasteiger charge is -2.17. The van der Waals surface area contributed by atoms with Gasteiger partial charge >= 0.3 is 0 Å². The van der Waals surface area contributed by atoms with E-state index in [0.29, 0.717) is 46.3 Å². The summed E-state index contributed by atoms with van der Waals surface area (Å²) >= 11 is 13.5. The van der Waals surface area contributed by atoms with Gasteiger partial charge in [-0.2, -0.15) is 0 Å². The molecule has 0 aliphatic rings. The molecule has 0 bridgehead atoms.